The quantitative estimate of drug-likeness (QED) is 0.817. The fraction of sp³-hybridized carbons (Fsp3) is 0.400. The Bertz CT molecular complexity index is 679. The van der Waals surface area contributed by atoms with Crippen molar-refractivity contribution >= 4 is 17.3 Å². The Hall–Kier alpha value is -1.88. The molecule has 0 unspecified atom stereocenters. The minimum atomic E-state index is -0.0917. The number of halogens is 1. The van der Waals surface area contributed by atoms with Gasteiger partial charge in [-0.3, -0.25) is 4.79 Å². The molecule has 2 aromatic rings. The van der Waals surface area contributed by atoms with E-state index >= 15 is 0 Å². The molecule has 0 N–H and O–H groups in total. The number of piperidine rings is 1. The second-order valence-electron chi connectivity index (χ2n) is 5.24. The lowest BCUT2D eigenvalue weighted by atomic mass is 10.1. The molecule has 21 heavy (non-hydrogen) atoms. The third-order valence-electron chi connectivity index (χ3n) is 3.70. The monoisotopic (exact) mass is 304 g/mol. The molecule has 110 valence electrons. The molecular formula is C15H17ClN4O. The van der Waals surface area contributed by atoms with Crippen LogP contribution in [-0.2, 0) is 6.54 Å². The van der Waals surface area contributed by atoms with Crippen molar-refractivity contribution in [2.75, 3.05) is 18.0 Å². The zero-order chi connectivity index (χ0) is 14.7. The number of anilines is 1. The lowest BCUT2D eigenvalue weighted by Gasteiger charge is -2.28. The van der Waals surface area contributed by atoms with Crippen LogP contribution in [0.3, 0.4) is 0 Å². The van der Waals surface area contributed by atoms with Crippen LogP contribution in [-0.4, -0.2) is 27.9 Å². The Labute approximate surface area is 128 Å². The van der Waals surface area contributed by atoms with E-state index in [-0.39, 0.29) is 5.56 Å². The van der Waals surface area contributed by atoms with Gasteiger partial charge in [-0.2, -0.15) is 5.10 Å². The van der Waals surface area contributed by atoms with Crippen LogP contribution >= 0.6 is 11.6 Å². The summed E-state index contributed by atoms with van der Waals surface area (Å²) in [4.78, 5) is 18.4. The predicted molar refractivity (Wildman–Crippen MR) is 82.9 cm³/mol. The maximum atomic E-state index is 12.2. The van der Waals surface area contributed by atoms with Gasteiger partial charge in [0, 0.05) is 25.4 Å². The lowest BCUT2D eigenvalue weighted by Crippen LogP contribution is -2.32. The summed E-state index contributed by atoms with van der Waals surface area (Å²) in [5, 5.41) is 4.70. The number of hydrogen-bond donors (Lipinski definition) is 0. The molecule has 0 saturated carbocycles. The number of nitrogens with zero attached hydrogens (tertiary/aromatic N) is 4. The lowest BCUT2D eigenvalue weighted by molar-refractivity contribution is 0.571. The number of hydrogen-bond acceptors (Lipinski definition) is 4. The zero-order valence-electron chi connectivity index (χ0n) is 11.7. The topological polar surface area (TPSA) is 51.0 Å². The maximum absolute atomic E-state index is 12.2. The molecule has 2 aromatic heterocycles. The molecule has 3 rings (SSSR count). The third-order valence-corrected chi connectivity index (χ3v) is 3.91. The van der Waals surface area contributed by atoms with Gasteiger partial charge in [0.15, 0.2) is 0 Å². The largest absolute Gasteiger partial charge is 0.370 e. The van der Waals surface area contributed by atoms with Gasteiger partial charge in [0.2, 0.25) is 0 Å². The zero-order valence-corrected chi connectivity index (χ0v) is 12.5. The summed E-state index contributed by atoms with van der Waals surface area (Å²) in [5.41, 5.74) is 1.74. The van der Waals surface area contributed by atoms with Crippen LogP contribution in [0.2, 0.25) is 5.15 Å². The van der Waals surface area contributed by atoms with E-state index in [9.17, 15) is 4.79 Å². The highest BCUT2D eigenvalue weighted by molar-refractivity contribution is 6.29. The van der Waals surface area contributed by atoms with Gasteiger partial charge < -0.3 is 4.90 Å². The van der Waals surface area contributed by atoms with E-state index < -0.39 is 0 Å². The van der Waals surface area contributed by atoms with Gasteiger partial charge >= 0.3 is 0 Å². The van der Waals surface area contributed by atoms with Gasteiger partial charge in [-0.05, 0) is 37.0 Å². The van der Waals surface area contributed by atoms with Gasteiger partial charge in [0.1, 0.15) is 5.15 Å². The minimum Gasteiger partial charge on any atom is -0.370 e. The number of pyridine rings is 1. The van der Waals surface area contributed by atoms with E-state index in [1.54, 1.807) is 24.5 Å². The van der Waals surface area contributed by atoms with E-state index in [0.717, 1.165) is 24.3 Å². The molecule has 5 nitrogen and oxygen atoms in total. The predicted octanol–water partition coefficient (Wildman–Crippen LogP) is 2.33. The van der Waals surface area contributed by atoms with Crippen molar-refractivity contribution in [3.8, 4) is 0 Å². The maximum Gasteiger partial charge on any atom is 0.269 e. The molecule has 3 heterocycles. The normalized spacial score (nSPS) is 15.2. The molecule has 6 heteroatoms. The highest BCUT2D eigenvalue weighted by atomic mass is 35.5. The first kappa shape index (κ1) is 14.1. The molecule has 1 saturated heterocycles. The van der Waals surface area contributed by atoms with Gasteiger partial charge in [-0.25, -0.2) is 9.67 Å². The summed E-state index contributed by atoms with van der Waals surface area (Å²) < 4.78 is 1.44. The van der Waals surface area contributed by atoms with Crippen molar-refractivity contribution < 1.29 is 0 Å². The van der Waals surface area contributed by atoms with Crippen LogP contribution in [0.15, 0.2) is 35.4 Å². The molecular weight excluding hydrogens is 288 g/mol. The van der Waals surface area contributed by atoms with E-state index in [1.807, 2.05) is 6.07 Å². The van der Waals surface area contributed by atoms with Gasteiger partial charge in [-0.1, -0.05) is 11.6 Å². The molecule has 1 fully saturated rings. The summed E-state index contributed by atoms with van der Waals surface area (Å²) in [5.74, 6) is 0. The molecule has 0 bridgehead atoms. The number of aromatic nitrogens is 3. The van der Waals surface area contributed by atoms with Crippen LogP contribution in [0.4, 0.5) is 5.69 Å². The summed E-state index contributed by atoms with van der Waals surface area (Å²) in [6.45, 7) is 2.41. The summed E-state index contributed by atoms with van der Waals surface area (Å²) >= 11 is 5.85. The Morgan fingerprint density at radius 2 is 2.00 bits per heavy atom. The molecule has 0 spiro atoms. The Kier molecular flexibility index (Phi) is 4.20. The second kappa shape index (κ2) is 6.26. The van der Waals surface area contributed by atoms with E-state index in [2.05, 4.69) is 15.0 Å². The summed E-state index contributed by atoms with van der Waals surface area (Å²) in [6.07, 6.45) is 7.03. The fourth-order valence-electron chi connectivity index (χ4n) is 2.58. The fourth-order valence-corrected chi connectivity index (χ4v) is 2.78. The van der Waals surface area contributed by atoms with Crippen LogP contribution in [0.5, 0.6) is 0 Å². The Morgan fingerprint density at radius 1 is 1.19 bits per heavy atom. The van der Waals surface area contributed by atoms with Crippen molar-refractivity contribution in [3.05, 3.63) is 51.7 Å². The van der Waals surface area contributed by atoms with Gasteiger partial charge in [0.05, 0.1) is 18.4 Å². The number of rotatable bonds is 3. The van der Waals surface area contributed by atoms with Crippen LogP contribution in [0.25, 0.3) is 0 Å². The van der Waals surface area contributed by atoms with Crippen molar-refractivity contribution in [2.45, 2.75) is 25.8 Å². The summed E-state index contributed by atoms with van der Waals surface area (Å²) in [6, 6.07) is 5.24. The molecule has 0 atom stereocenters. The first-order valence-electron chi connectivity index (χ1n) is 7.15. The summed E-state index contributed by atoms with van der Waals surface area (Å²) in [7, 11) is 0. The average molecular weight is 305 g/mol. The highest BCUT2D eigenvalue weighted by Crippen LogP contribution is 2.17. The van der Waals surface area contributed by atoms with Crippen LogP contribution < -0.4 is 10.5 Å². The van der Waals surface area contributed by atoms with Crippen molar-refractivity contribution in [1.29, 1.82) is 0 Å². The molecule has 0 radical (unpaired) electrons. The van der Waals surface area contributed by atoms with Crippen LogP contribution in [0, 0.1) is 0 Å². The molecule has 0 amide bonds. The van der Waals surface area contributed by atoms with Crippen molar-refractivity contribution in [2.24, 2.45) is 0 Å². The first-order valence-corrected chi connectivity index (χ1v) is 7.53. The van der Waals surface area contributed by atoms with Crippen molar-refractivity contribution in [3.63, 3.8) is 0 Å². The van der Waals surface area contributed by atoms with Gasteiger partial charge in [0.25, 0.3) is 5.56 Å². The van der Waals surface area contributed by atoms with Gasteiger partial charge in [-0.15, -0.1) is 0 Å². The molecule has 0 aromatic carbocycles. The van der Waals surface area contributed by atoms with E-state index in [4.69, 9.17) is 11.6 Å². The minimum absolute atomic E-state index is 0.0917. The molecule has 1 aliphatic rings. The first-order chi connectivity index (χ1) is 10.2. The van der Waals surface area contributed by atoms with Crippen LogP contribution in [0.1, 0.15) is 24.8 Å². The molecule has 1 aliphatic heterocycles. The molecule has 0 aliphatic carbocycles. The SMILES string of the molecule is O=c1cc(N2CCCCC2)cnn1Cc1ccnc(Cl)c1. The second-order valence-corrected chi connectivity index (χ2v) is 5.63. The van der Waals surface area contributed by atoms with Crippen molar-refractivity contribution in [1.82, 2.24) is 14.8 Å². The standard InChI is InChI=1S/C15H17ClN4O/c16-14-8-12(4-5-17-14)11-20-15(21)9-13(10-18-20)19-6-2-1-3-7-19/h4-5,8-10H,1-3,6-7,11H2. The highest BCUT2D eigenvalue weighted by Gasteiger charge is 2.12. The average Bonchev–Trinajstić information content (AvgIpc) is 2.50. The Morgan fingerprint density at radius 3 is 2.71 bits per heavy atom. The third kappa shape index (κ3) is 3.42. The Balaban J connectivity index is 1.79. The van der Waals surface area contributed by atoms with E-state index in [0.29, 0.717) is 11.7 Å². The smallest absolute Gasteiger partial charge is 0.269 e. The van der Waals surface area contributed by atoms with E-state index in [1.165, 1.54) is 23.9 Å².